The van der Waals surface area contributed by atoms with Gasteiger partial charge in [0, 0.05) is 41.8 Å². The van der Waals surface area contributed by atoms with Crippen molar-refractivity contribution in [2.45, 2.75) is 58.9 Å². The van der Waals surface area contributed by atoms with Gasteiger partial charge in [-0.2, -0.15) is 0 Å². The second-order valence-corrected chi connectivity index (χ2v) is 9.60. The molecular weight excluding hydrogens is 412 g/mol. The molecular formula is C27H36N4O2. The molecule has 0 unspecified atom stereocenters. The fourth-order valence-electron chi connectivity index (χ4n) is 5.18. The molecule has 0 saturated carbocycles. The molecule has 0 atom stereocenters. The van der Waals surface area contributed by atoms with Gasteiger partial charge in [0.05, 0.1) is 12.2 Å². The van der Waals surface area contributed by atoms with Crippen LogP contribution in [0.15, 0.2) is 35.3 Å². The molecule has 1 saturated heterocycles. The predicted molar refractivity (Wildman–Crippen MR) is 135 cm³/mol. The first kappa shape index (κ1) is 23.3. The standard InChI is InChI=1S/C27H36N4O2/c1-6-31-15-21(13-18(4)27(31)33)26-25(17(2)3)22-14-20(7-8-23(22)29-26)19-9-11-30(12-10-19)16-24(32)28-5/h7-8,13-15,17,19,29H,6,9-12,16H2,1-5H3,(H,28,32). The van der Waals surface area contributed by atoms with Crippen LogP contribution in [0.3, 0.4) is 0 Å². The third-order valence-corrected chi connectivity index (χ3v) is 7.04. The number of piperidine rings is 1. The van der Waals surface area contributed by atoms with E-state index in [0.717, 1.165) is 48.3 Å². The number of hydrogen-bond donors (Lipinski definition) is 2. The number of aromatic nitrogens is 2. The van der Waals surface area contributed by atoms with Crippen molar-refractivity contribution in [2.24, 2.45) is 0 Å². The van der Waals surface area contributed by atoms with Crippen LogP contribution in [0.1, 0.15) is 62.1 Å². The summed E-state index contributed by atoms with van der Waals surface area (Å²) in [5.74, 6) is 0.944. The lowest BCUT2D eigenvalue weighted by Gasteiger charge is -2.31. The van der Waals surface area contributed by atoms with Crippen LogP contribution in [0.5, 0.6) is 0 Å². The minimum absolute atomic E-state index is 0.0773. The maximum absolute atomic E-state index is 12.4. The largest absolute Gasteiger partial charge is 0.358 e. The molecule has 1 aromatic carbocycles. The van der Waals surface area contributed by atoms with Crippen LogP contribution in [0.4, 0.5) is 0 Å². The summed E-state index contributed by atoms with van der Waals surface area (Å²) in [6.45, 7) is 11.4. The first-order valence-electron chi connectivity index (χ1n) is 12.1. The predicted octanol–water partition coefficient (Wildman–Crippen LogP) is 4.37. The third-order valence-electron chi connectivity index (χ3n) is 7.04. The van der Waals surface area contributed by atoms with E-state index in [2.05, 4.69) is 47.2 Å². The third kappa shape index (κ3) is 4.62. The Hall–Kier alpha value is -2.86. The van der Waals surface area contributed by atoms with Crippen molar-refractivity contribution in [3.8, 4) is 11.3 Å². The number of aromatic amines is 1. The van der Waals surface area contributed by atoms with Crippen molar-refractivity contribution in [3.63, 3.8) is 0 Å². The van der Waals surface area contributed by atoms with Gasteiger partial charge < -0.3 is 14.9 Å². The number of aryl methyl sites for hydroxylation is 2. The molecule has 0 bridgehead atoms. The van der Waals surface area contributed by atoms with E-state index in [1.807, 2.05) is 26.1 Å². The van der Waals surface area contributed by atoms with Crippen LogP contribution in [-0.4, -0.2) is 47.0 Å². The van der Waals surface area contributed by atoms with Gasteiger partial charge in [-0.3, -0.25) is 14.5 Å². The van der Waals surface area contributed by atoms with Gasteiger partial charge in [-0.05, 0) is 80.9 Å². The van der Waals surface area contributed by atoms with Gasteiger partial charge in [-0.1, -0.05) is 19.9 Å². The van der Waals surface area contributed by atoms with E-state index in [1.54, 1.807) is 11.6 Å². The first-order chi connectivity index (χ1) is 15.8. The normalized spacial score (nSPS) is 15.5. The SMILES string of the molecule is CCn1cc(-c2[nH]c3ccc(C4CCN(CC(=O)NC)CC4)cc3c2C(C)C)cc(C)c1=O. The lowest BCUT2D eigenvalue weighted by Crippen LogP contribution is -2.40. The van der Waals surface area contributed by atoms with E-state index in [9.17, 15) is 9.59 Å². The topological polar surface area (TPSA) is 70.1 Å². The number of benzene rings is 1. The summed E-state index contributed by atoms with van der Waals surface area (Å²) in [6, 6.07) is 8.84. The molecule has 0 radical (unpaired) electrons. The monoisotopic (exact) mass is 448 g/mol. The van der Waals surface area contributed by atoms with Crippen molar-refractivity contribution in [1.29, 1.82) is 0 Å². The zero-order valence-electron chi connectivity index (χ0n) is 20.5. The Morgan fingerprint density at radius 1 is 1.21 bits per heavy atom. The van der Waals surface area contributed by atoms with Crippen LogP contribution in [0.25, 0.3) is 22.2 Å². The molecule has 2 N–H and O–H groups in total. The van der Waals surface area contributed by atoms with Crippen LogP contribution < -0.4 is 10.9 Å². The summed E-state index contributed by atoms with van der Waals surface area (Å²) in [5, 5.41) is 3.99. The van der Waals surface area contributed by atoms with Crippen molar-refractivity contribution < 1.29 is 4.79 Å². The molecule has 1 fully saturated rings. The summed E-state index contributed by atoms with van der Waals surface area (Å²) >= 11 is 0. The summed E-state index contributed by atoms with van der Waals surface area (Å²) in [7, 11) is 1.69. The average molecular weight is 449 g/mol. The van der Waals surface area contributed by atoms with Gasteiger partial charge in [-0.15, -0.1) is 0 Å². The van der Waals surface area contributed by atoms with E-state index >= 15 is 0 Å². The van der Waals surface area contributed by atoms with Gasteiger partial charge in [0.15, 0.2) is 0 Å². The fourth-order valence-corrected chi connectivity index (χ4v) is 5.18. The van der Waals surface area contributed by atoms with E-state index < -0.39 is 0 Å². The molecule has 3 heterocycles. The minimum Gasteiger partial charge on any atom is -0.358 e. The van der Waals surface area contributed by atoms with E-state index in [0.29, 0.717) is 24.9 Å². The smallest absolute Gasteiger partial charge is 0.253 e. The fraction of sp³-hybridized carbons (Fsp3) is 0.481. The summed E-state index contributed by atoms with van der Waals surface area (Å²) in [6.07, 6.45) is 4.11. The number of nitrogens with zero attached hydrogens (tertiary/aromatic N) is 2. The van der Waals surface area contributed by atoms with Gasteiger partial charge in [-0.25, -0.2) is 0 Å². The van der Waals surface area contributed by atoms with Crippen molar-refractivity contribution >= 4 is 16.8 Å². The number of pyridine rings is 1. The zero-order chi connectivity index (χ0) is 23.7. The molecule has 1 aliphatic rings. The second kappa shape index (κ2) is 9.56. The average Bonchev–Trinajstić information content (AvgIpc) is 3.20. The van der Waals surface area contributed by atoms with Crippen molar-refractivity contribution in [3.05, 3.63) is 57.5 Å². The second-order valence-electron chi connectivity index (χ2n) is 9.60. The number of likely N-dealkylation sites (N-methyl/N-ethyl adjacent to an activating group) is 1. The quantitative estimate of drug-likeness (QED) is 0.588. The molecule has 1 amide bonds. The van der Waals surface area contributed by atoms with E-state index in [4.69, 9.17) is 0 Å². The molecule has 2 aromatic heterocycles. The lowest BCUT2D eigenvalue weighted by molar-refractivity contribution is -0.122. The number of carbonyl (C=O) groups is 1. The number of likely N-dealkylation sites (tertiary alicyclic amines) is 1. The van der Waals surface area contributed by atoms with Gasteiger partial charge in [0.1, 0.15) is 0 Å². The highest BCUT2D eigenvalue weighted by Crippen LogP contribution is 2.38. The Labute approximate surface area is 196 Å². The maximum Gasteiger partial charge on any atom is 0.253 e. The Morgan fingerprint density at radius 3 is 2.58 bits per heavy atom. The van der Waals surface area contributed by atoms with Gasteiger partial charge >= 0.3 is 0 Å². The number of hydrogen-bond acceptors (Lipinski definition) is 3. The lowest BCUT2D eigenvalue weighted by atomic mass is 9.87. The summed E-state index contributed by atoms with van der Waals surface area (Å²) in [5.41, 5.74) is 6.86. The minimum atomic E-state index is 0.0773. The molecule has 6 nitrogen and oxygen atoms in total. The van der Waals surface area contributed by atoms with E-state index in [1.165, 1.54) is 16.5 Å². The number of nitrogens with one attached hydrogen (secondary N) is 2. The molecule has 6 heteroatoms. The Bertz CT molecular complexity index is 1210. The molecule has 4 rings (SSSR count). The van der Waals surface area contributed by atoms with E-state index in [-0.39, 0.29) is 11.5 Å². The van der Waals surface area contributed by atoms with Crippen LogP contribution in [0, 0.1) is 6.92 Å². The molecule has 176 valence electrons. The number of carbonyl (C=O) groups excluding carboxylic acids is 1. The highest BCUT2D eigenvalue weighted by atomic mass is 16.2. The van der Waals surface area contributed by atoms with Gasteiger partial charge in [0.25, 0.3) is 5.56 Å². The van der Waals surface area contributed by atoms with Crippen LogP contribution in [0.2, 0.25) is 0 Å². The van der Waals surface area contributed by atoms with Crippen LogP contribution in [-0.2, 0) is 11.3 Å². The Balaban J connectivity index is 1.68. The molecule has 1 aliphatic heterocycles. The molecule has 0 spiro atoms. The number of rotatable bonds is 6. The highest BCUT2D eigenvalue weighted by Gasteiger charge is 2.24. The summed E-state index contributed by atoms with van der Waals surface area (Å²) < 4.78 is 1.79. The number of amides is 1. The molecule has 0 aliphatic carbocycles. The van der Waals surface area contributed by atoms with Crippen molar-refractivity contribution in [2.75, 3.05) is 26.7 Å². The number of H-pyrrole nitrogens is 1. The highest BCUT2D eigenvalue weighted by molar-refractivity contribution is 5.92. The first-order valence-corrected chi connectivity index (χ1v) is 12.1. The maximum atomic E-state index is 12.4. The Kier molecular flexibility index (Phi) is 6.75. The summed E-state index contributed by atoms with van der Waals surface area (Å²) in [4.78, 5) is 30.0. The van der Waals surface area contributed by atoms with Crippen molar-refractivity contribution in [1.82, 2.24) is 19.8 Å². The van der Waals surface area contributed by atoms with Crippen LogP contribution >= 0.6 is 0 Å². The van der Waals surface area contributed by atoms with Gasteiger partial charge in [0.2, 0.25) is 5.91 Å². The molecule has 33 heavy (non-hydrogen) atoms. The number of fused-ring (bicyclic) bond motifs is 1. The zero-order valence-corrected chi connectivity index (χ0v) is 20.5. The molecule has 3 aromatic rings. The Morgan fingerprint density at radius 2 is 1.94 bits per heavy atom.